The predicted molar refractivity (Wildman–Crippen MR) is 150 cm³/mol. The van der Waals surface area contributed by atoms with Gasteiger partial charge in [0.05, 0.1) is 9.82 Å². The van der Waals surface area contributed by atoms with Crippen LogP contribution in [0, 0.1) is 10.1 Å². The second-order valence-electron chi connectivity index (χ2n) is 8.80. The molecule has 0 aliphatic rings. The minimum atomic E-state index is -4.05. The summed E-state index contributed by atoms with van der Waals surface area (Å²) in [6.45, 7) is 0. The number of fused-ring (bicyclic) bond motifs is 1. The molecule has 0 fully saturated rings. The van der Waals surface area contributed by atoms with E-state index in [-0.39, 0.29) is 34.6 Å². The zero-order valence-corrected chi connectivity index (χ0v) is 24.2. The number of non-ortho nitro benzene ring substituents is 1. The number of imidazole rings is 1. The number of rotatable bonds is 7. The van der Waals surface area contributed by atoms with Crippen LogP contribution in [0.4, 0.5) is 11.4 Å². The molecule has 3 aromatic carbocycles. The number of pyridine rings is 2. The largest absolute Gasteiger partial charge is 1.00 e. The molecule has 0 aliphatic carbocycles. The number of hydrogen-bond acceptors (Lipinski definition) is 6. The molecule has 6 rings (SSSR count). The minimum Gasteiger partial charge on any atom is -1.00 e. The predicted octanol–water partition coefficient (Wildman–Crippen LogP) is 2.08. The first-order chi connectivity index (χ1) is 19.4. The van der Waals surface area contributed by atoms with Gasteiger partial charge < -0.3 is 24.0 Å². The fourth-order valence-electron chi connectivity index (χ4n) is 4.53. The Balaban J connectivity index is 0.00000337. The van der Waals surface area contributed by atoms with Crippen molar-refractivity contribution in [1.29, 1.82) is 0 Å². The third-order valence-corrected chi connectivity index (χ3v) is 7.66. The molecule has 0 amide bonds. The Labute approximate surface area is 252 Å². The van der Waals surface area contributed by atoms with Gasteiger partial charge in [-0.2, -0.15) is 4.57 Å². The number of nitro groups is 1. The summed E-state index contributed by atoms with van der Waals surface area (Å²) < 4.78 is 32.5. The van der Waals surface area contributed by atoms with E-state index in [1.165, 1.54) is 18.2 Å². The van der Waals surface area contributed by atoms with Crippen molar-refractivity contribution in [2.45, 2.75) is 4.90 Å². The van der Waals surface area contributed by atoms with E-state index in [9.17, 15) is 18.5 Å². The molecular formula is C29H21IN6O4S. The van der Waals surface area contributed by atoms with Gasteiger partial charge in [-0.1, -0.05) is 30.3 Å². The highest BCUT2D eigenvalue weighted by Crippen LogP contribution is 2.29. The lowest BCUT2D eigenvalue weighted by molar-refractivity contribution is -0.559. The Morgan fingerprint density at radius 3 is 2.20 bits per heavy atom. The van der Waals surface area contributed by atoms with E-state index >= 15 is 0 Å². The zero-order chi connectivity index (χ0) is 27.7. The number of hydrogen-bond donors (Lipinski definition) is 1. The van der Waals surface area contributed by atoms with Crippen molar-refractivity contribution in [2.75, 3.05) is 4.72 Å². The fourth-order valence-corrected chi connectivity index (χ4v) is 5.63. The lowest BCUT2D eigenvalue weighted by Crippen LogP contribution is -3.00. The Kier molecular flexibility index (Phi) is 7.77. The van der Waals surface area contributed by atoms with Gasteiger partial charge in [-0.15, -0.1) is 4.98 Å². The number of aromatic nitrogens is 4. The molecule has 0 aliphatic heterocycles. The third-order valence-electron chi connectivity index (χ3n) is 6.28. The zero-order valence-electron chi connectivity index (χ0n) is 21.2. The highest BCUT2D eigenvalue weighted by Gasteiger charge is 2.28. The van der Waals surface area contributed by atoms with Crippen LogP contribution in [0.2, 0.25) is 0 Å². The summed E-state index contributed by atoms with van der Waals surface area (Å²) in [7, 11) is -4.05. The van der Waals surface area contributed by atoms with Crippen molar-refractivity contribution < 1.29 is 41.9 Å². The van der Waals surface area contributed by atoms with Gasteiger partial charge in [-0.05, 0) is 60.7 Å². The summed E-state index contributed by atoms with van der Waals surface area (Å²) in [5, 5.41) is 11.1. The third kappa shape index (κ3) is 5.38. The van der Waals surface area contributed by atoms with E-state index in [2.05, 4.69) is 14.7 Å². The highest BCUT2D eigenvalue weighted by atomic mass is 127. The van der Waals surface area contributed by atoms with Crippen molar-refractivity contribution in [3.63, 3.8) is 0 Å². The summed E-state index contributed by atoms with van der Waals surface area (Å²) in [5.41, 5.74) is 2.61. The van der Waals surface area contributed by atoms with Gasteiger partial charge in [0, 0.05) is 35.6 Å². The molecule has 10 nitrogen and oxygen atoms in total. The van der Waals surface area contributed by atoms with E-state index in [0.29, 0.717) is 17.3 Å². The first-order valence-corrected chi connectivity index (χ1v) is 13.7. The normalized spacial score (nSPS) is 11.1. The molecule has 3 heterocycles. The van der Waals surface area contributed by atoms with Crippen LogP contribution < -0.4 is 33.3 Å². The second-order valence-corrected chi connectivity index (χ2v) is 10.5. The van der Waals surface area contributed by atoms with E-state index in [4.69, 9.17) is 0 Å². The van der Waals surface area contributed by atoms with Gasteiger partial charge in [0.15, 0.2) is 5.82 Å². The maximum absolute atomic E-state index is 13.0. The maximum atomic E-state index is 13.0. The van der Waals surface area contributed by atoms with Gasteiger partial charge in [0.1, 0.15) is 17.2 Å². The summed E-state index contributed by atoms with van der Waals surface area (Å²) in [6, 6.07) is 31.1. The number of benzene rings is 3. The average Bonchev–Trinajstić information content (AvgIpc) is 3.33. The Morgan fingerprint density at radius 1 is 0.805 bits per heavy atom. The van der Waals surface area contributed by atoms with Crippen molar-refractivity contribution in [3.8, 4) is 23.0 Å². The Bertz CT molecular complexity index is 1890. The summed E-state index contributed by atoms with van der Waals surface area (Å²) in [5.74, 6) is 2.18. The quantitative estimate of drug-likeness (QED) is 0.120. The highest BCUT2D eigenvalue weighted by molar-refractivity contribution is 7.92. The minimum absolute atomic E-state index is 0. The van der Waals surface area contributed by atoms with Crippen molar-refractivity contribution in [3.05, 3.63) is 132 Å². The van der Waals surface area contributed by atoms with Crippen LogP contribution in [-0.4, -0.2) is 27.9 Å². The summed E-state index contributed by atoms with van der Waals surface area (Å²) in [6.07, 6.45) is 3.45. The first-order valence-electron chi connectivity index (χ1n) is 12.2. The summed E-state index contributed by atoms with van der Waals surface area (Å²) >= 11 is 0. The molecule has 0 radical (unpaired) electrons. The fraction of sp³-hybridized carbons (Fsp3) is 0. The lowest BCUT2D eigenvalue weighted by atomic mass is 10.2. The van der Waals surface area contributed by atoms with Crippen molar-refractivity contribution in [2.24, 2.45) is 0 Å². The molecule has 3 aromatic heterocycles. The lowest BCUT2D eigenvalue weighted by Gasteiger charge is -2.10. The molecule has 1 N–H and O–H groups in total. The molecule has 0 saturated carbocycles. The number of nitro benzene ring substituents is 1. The van der Waals surface area contributed by atoms with Crippen LogP contribution >= 0.6 is 0 Å². The van der Waals surface area contributed by atoms with Gasteiger partial charge in [0.2, 0.25) is 5.82 Å². The van der Waals surface area contributed by atoms with Crippen LogP contribution in [0.3, 0.4) is 0 Å². The average molecular weight is 676 g/mol. The van der Waals surface area contributed by atoms with Crippen LogP contribution in [0.5, 0.6) is 0 Å². The van der Waals surface area contributed by atoms with Gasteiger partial charge in [-0.3, -0.25) is 14.8 Å². The smallest absolute Gasteiger partial charge is 0.270 e. The number of nitrogens with zero attached hydrogens (tertiary/aromatic N) is 5. The number of para-hydroxylation sites is 2. The SMILES string of the molecule is O=[N+]([O-])c1cccc(S(=O)(=O)Nc2ccc(-c3n(-c4ccccn4)c4ccccc4[n+]3-c3ccccn3)cc2)c1.[I-]. The maximum Gasteiger partial charge on any atom is 0.270 e. The Hall–Kier alpha value is -4.69. The number of anilines is 1. The van der Waals surface area contributed by atoms with Gasteiger partial charge >= 0.3 is 0 Å². The van der Waals surface area contributed by atoms with Gasteiger partial charge in [0.25, 0.3) is 21.5 Å². The monoisotopic (exact) mass is 676 g/mol. The molecule has 204 valence electrons. The second kappa shape index (κ2) is 11.4. The van der Waals surface area contributed by atoms with Crippen molar-refractivity contribution >= 4 is 32.4 Å². The van der Waals surface area contributed by atoms with E-state index in [0.717, 1.165) is 28.5 Å². The number of halogens is 1. The molecule has 6 aromatic rings. The van der Waals surface area contributed by atoms with E-state index < -0.39 is 14.9 Å². The molecule has 0 spiro atoms. The van der Waals surface area contributed by atoms with Crippen LogP contribution in [0.25, 0.3) is 34.1 Å². The molecule has 0 bridgehead atoms. The number of nitrogens with one attached hydrogen (secondary N) is 1. The molecule has 0 saturated heterocycles. The van der Waals surface area contributed by atoms with Gasteiger partial charge in [-0.25, -0.2) is 18.0 Å². The molecule has 0 unspecified atom stereocenters. The van der Waals surface area contributed by atoms with E-state index in [1.54, 1.807) is 36.7 Å². The van der Waals surface area contributed by atoms with E-state index in [1.807, 2.05) is 69.8 Å². The van der Waals surface area contributed by atoms with Crippen LogP contribution in [-0.2, 0) is 10.0 Å². The van der Waals surface area contributed by atoms with Crippen LogP contribution in [0.15, 0.2) is 126 Å². The standard InChI is InChI=1S/C29H20N6O4S.HI/c36-35(37)23-8-7-9-24(20-23)40(38,39)32-22-16-14-21(15-17-22)29-33(27-12-3-5-18-30-27)25-10-1-2-11-26(25)34(29)28-13-4-6-19-31-28;/h1-20H;1H. The van der Waals surface area contributed by atoms with Crippen molar-refractivity contribution in [1.82, 2.24) is 14.5 Å². The molecular weight excluding hydrogens is 655 g/mol. The molecule has 41 heavy (non-hydrogen) atoms. The van der Waals surface area contributed by atoms with Crippen LogP contribution in [0.1, 0.15) is 0 Å². The Morgan fingerprint density at radius 2 is 1.51 bits per heavy atom. The summed E-state index contributed by atoms with van der Waals surface area (Å²) in [4.78, 5) is 19.5. The topological polar surface area (TPSA) is 124 Å². The molecule has 0 atom stereocenters. The first kappa shape index (κ1) is 27.9. The molecule has 12 heteroatoms. The number of sulfonamides is 1.